The summed E-state index contributed by atoms with van der Waals surface area (Å²) in [4.78, 5) is 25.3. The Kier molecular flexibility index (Phi) is 34.9. The van der Waals surface area contributed by atoms with Crippen LogP contribution in [0.5, 0.6) is 0 Å². The van der Waals surface area contributed by atoms with E-state index in [0.29, 0.717) is 36.8 Å². The highest BCUT2D eigenvalue weighted by molar-refractivity contribution is 5.71. The summed E-state index contributed by atoms with van der Waals surface area (Å²) >= 11 is 0. The lowest BCUT2D eigenvalue weighted by molar-refractivity contribution is -0.891. The Morgan fingerprint density at radius 1 is 0.510 bits per heavy atom. The second kappa shape index (κ2) is 36.1. The summed E-state index contributed by atoms with van der Waals surface area (Å²) < 4.78 is 11.9. The molecule has 0 saturated carbocycles. The van der Waals surface area contributed by atoms with Crippen LogP contribution in [0.2, 0.25) is 0 Å². The number of hydrogen-bond acceptors (Lipinski definition) is 5. The van der Waals surface area contributed by atoms with Crippen LogP contribution < -0.4 is 0 Å². The number of aliphatic hydroxyl groups excluding tert-OH is 1. The molecule has 0 aliphatic rings. The lowest BCUT2D eigenvalue weighted by Crippen LogP contribution is -2.44. The van der Waals surface area contributed by atoms with E-state index in [4.69, 9.17) is 9.47 Å². The molecule has 0 rings (SSSR count). The number of nitrogens with zero attached hydrogens (tertiary/aromatic N) is 1. The van der Waals surface area contributed by atoms with E-state index in [1.807, 2.05) is 14.1 Å². The molecule has 1 N–H and O–H groups in total. The van der Waals surface area contributed by atoms with Crippen molar-refractivity contribution >= 4 is 11.9 Å². The van der Waals surface area contributed by atoms with Crippen LogP contribution in [-0.2, 0) is 19.1 Å². The molecular formula is C43H82NO5+. The fourth-order valence-electron chi connectivity index (χ4n) is 6.07. The largest absolute Gasteiger partial charge is 0.425 e. The summed E-state index contributed by atoms with van der Waals surface area (Å²) in [6.07, 6.45) is 41.2. The Hall–Kier alpha value is -1.66. The van der Waals surface area contributed by atoms with Gasteiger partial charge in [-0.1, -0.05) is 141 Å². The van der Waals surface area contributed by atoms with E-state index in [1.165, 1.54) is 116 Å². The Labute approximate surface area is 304 Å². The number of unbranched alkanes of at least 4 members (excludes halogenated alkanes) is 22. The van der Waals surface area contributed by atoms with Crippen molar-refractivity contribution in [1.29, 1.82) is 0 Å². The molecule has 0 heterocycles. The molecule has 0 atom stereocenters. The van der Waals surface area contributed by atoms with E-state index in [-0.39, 0.29) is 18.5 Å². The highest BCUT2D eigenvalue weighted by Crippen LogP contribution is 2.15. The van der Waals surface area contributed by atoms with E-state index < -0.39 is 6.29 Å². The number of esters is 2. The fourth-order valence-corrected chi connectivity index (χ4v) is 6.07. The second-order valence-electron chi connectivity index (χ2n) is 15.0. The van der Waals surface area contributed by atoms with Crippen LogP contribution in [0.15, 0.2) is 24.3 Å². The summed E-state index contributed by atoms with van der Waals surface area (Å²) in [6, 6.07) is 0. The zero-order chi connectivity index (χ0) is 36.1. The van der Waals surface area contributed by atoms with Crippen molar-refractivity contribution in [2.45, 2.75) is 206 Å². The molecule has 6 heteroatoms. The molecule has 0 spiro atoms. The van der Waals surface area contributed by atoms with E-state index in [2.05, 4.69) is 38.2 Å². The van der Waals surface area contributed by atoms with E-state index in [1.54, 1.807) is 0 Å². The maximum atomic E-state index is 12.7. The zero-order valence-corrected chi connectivity index (χ0v) is 33.0. The molecule has 0 fully saturated rings. The third-order valence-electron chi connectivity index (χ3n) is 9.49. The number of rotatable bonds is 37. The normalized spacial score (nSPS) is 12.7. The van der Waals surface area contributed by atoms with Crippen molar-refractivity contribution in [3.05, 3.63) is 24.3 Å². The average Bonchev–Trinajstić information content (AvgIpc) is 3.07. The molecule has 0 radical (unpaired) electrons. The number of carbonyl (C=O) groups excluding carboxylic acids is 2. The van der Waals surface area contributed by atoms with Crippen LogP contribution >= 0.6 is 0 Å². The third-order valence-corrected chi connectivity index (χ3v) is 9.49. The minimum absolute atomic E-state index is 0.0855. The first-order valence-corrected chi connectivity index (χ1v) is 21.0. The Morgan fingerprint density at radius 3 is 1.18 bits per heavy atom. The number of aliphatic hydroxyl groups is 1. The molecule has 0 aliphatic carbocycles. The summed E-state index contributed by atoms with van der Waals surface area (Å²) in [6.45, 7) is 5.85. The Balaban J connectivity index is 4.15. The number of hydrogen-bond donors (Lipinski definition) is 1. The van der Waals surface area contributed by atoms with Gasteiger partial charge in [-0.05, 0) is 64.2 Å². The van der Waals surface area contributed by atoms with Gasteiger partial charge in [0, 0.05) is 12.8 Å². The molecule has 0 saturated heterocycles. The number of carbonyl (C=O) groups is 2. The van der Waals surface area contributed by atoms with Gasteiger partial charge in [0.1, 0.15) is 6.54 Å². The van der Waals surface area contributed by atoms with Crippen LogP contribution in [-0.4, -0.2) is 61.6 Å². The molecule has 49 heavy (non-hydrogen) atoms. The minimum Gasteiger partial charge on any atom is -0.425 e. The molecule has 288 valence electrons. The summed E-state index contributed by atoms with van der Waals surface area (Å²) in [5.41, 5.74) is 0. The molecule has 0 unspecified atom stereocenters. The molecule has 0 aromatic heterocycles. The van der Waals surface area contributed by atoms with Crippen molar-refractivity contribution < 1.29 is 28.7 Å². The van der Waals surface area contributed by atoms with Gasteiger partial charge >= 0.3 is 11.9 Å². The van der Waals surface area contributed by atoms with Crippen molar-refractivity contribution in [2.75, 3.05) is 33.8 Å². The molecule has 0 amide bonds. The smallest absolute Gasteiger partial charge is 0.308 e. The molecule has 0 aliphatic heterocycles. The van der Waals surface area contributed by atoms with Crippen molar-refractivity contribution in [2.24, 2.45) is 0 Å². The highest BCUT2D eigenvalue weighted by Gasteiger charge is 2.24. The maximum Gasteiger partial charge on any atom is 0.308 e. The zero-order valence-electron chi connectivity index (χ0n) is 33.0. The van der Waals surface area contributed by atoms with E-state index >= 15 is 0 Å². The SMILES string of the molecule is CCCCCCCCC=CCCCCCCCC(=O)OC(CC[N+](C)(C)CCO)OC(=O)CCCCCCCC=CCCCCCCCC. The van der Waals surface area contributed by atoms with E-state index in [9.17, 15) is 14.7 Å². The molecule has 0 aromatic carbocycles. The number of allylic oxidation sites excluding steroid dienone is 4. The minimum atomic E-state index is -0.859. The molecule has 6 nitrogen and oxygen atoms in total. The summed E-state index contributed by atoms with van der Waals surface area (Å²) in [5.74, 6) is -0.576. The fraction of sp³-hybridized carbons (Fsp3) is 0.860. The third kappa shape index (κ3) is 36.0. The standard InChI is InChI=1S/C43H82NO5/c1-5-7-9-11-13-15-17-19-21-23-25-27-29-31-33-35-41(46)48-43(37-38-44(3,4)39-40-45)49-42(47)36-34-32-30-28-26-24-22-20-18-16-14-12-10-8-6-2/h19-22,43,45H,5-18,23-40H2,1-4H3/q+1. The summed E-state index contributed by atoms with van der Waals surface area (Å²) in [5, 5.41) is 9.39. The lowest BCUT2D eigenvalue weighted by Gasteiger charge is -2.30. The molecular weight excluding hydrogens is 610 g/mol. The van der Waals surface area contributed by atoms with Crippen LogP contribution in [0.25, 0.3) is 0 Å². The van der Waals surface area contributed by atoms with Gasteiger partial charge in [-0.3, -0.25) is 9.59 Å². The Morgan fingerprint density at radius 2 is 0.837 bits per heavy atom. The second-order valence-corrected chi connectivity index (χ2v) is 15.0. The van der Waals surface area contributed by atoms with Crippen molar-refractivity contribution in [1.82, 2.24) is 0 Å². The van der Waals surface area contributed by atoms with Gasteiger partial charge < -0.3 is 19.1 Å². The van der Waals surface area contributed by atoms with E-state index in [0.717, 1.165) is 51.4 Å². The number of ether oxygens (including phenoxy) is 2. The first kappa shape index (κ1) is 47.3. The van der Waals surface area contributed by atoms with Crippen LogP contribution in [0.3, 0.4) is 0 Å². The van der Waals surface area contributed by atoms with Gasteiger partial charge in [0.25, 0.3) is 6.29 Å². The monoisotopic (exact) mass is 693 g/mol. The van der Waals surface area contributed by atoms with Gasteiger partial charge in [-0.25, -0.2) is 0 Å². The lowest BCUT2D eigenvalue weighted by atomic mass is 10.1. The number of likely N-dealkylation sites (N-methyl/N-ethyl adjacent to an activating group) is 1. The average molecular weight is 693 g/mol. The van der Waals surface area contributed by atoms with Gasteiger partial charge in [0.15, 0.2) is 0 Å². The van der Waals surface area contributed by atoms with Crippen molar-refractivity contribution in [3.8, 4) is 0 Å². The predicted octanol–water partition coefficient (Wildman–Crippen LogP) is 11.9. The van der Waals surface area contributed by atoms with Crippen LogP contribution in [0.1, 0.15) is 200 Å². The molecule has 0 bridgehead atoms. The van der Waals surface area contributed by atoms with Crippen LogP contribution in [0, 0.1) is 0 Å². The molecule has 0 aromatic rings. The summed E-state index contributed by atoms with van der Waals surface area (Å²) in [7, 11) is 4.04. The first-order valence-electron chi connectivity index (χ1n) is 21.0. The number of quaternary nitrogens is 1. The maximum absolute atomic E-state index is 12.7. The quantitative estimate of drug-likeness (QED) is 0.0231. The van der Waals surface area contributed by atoms with Gasteiger partial charge in [-0.2, -0.15) is 0 Å². The topological polar surface area (TPSA) is 72.8 Å². The highest BCUT2D eigenvalue weighted by atomic mass is 16.7. The van der Waals surface area contributed by atoms with Gasteiger partial charge in [0.05, 0.1) is 33.7 Å². The van der Waals surface area contributed by atoms with Gasteiger partial charge in [-0.15, -0.1) is 0 Å². The first-order chi connectivity index (χ1) is 23.8. The Bertz CT molecular complexity index is 739. The van der Waals surface area contributed by atoms with Crippen molar-refractivity contribution in [3.63, 3.8) is 0 Å². The van der Waals surface area contributed by atoms with Crippen LogP contribution in [0.4, 0.5) is 0 Å². The van der Waals surface area contributed by atoms with Gasteiger partial charge in [0.2, 0.25) is 0 Å². The predicted molar refractivity (Wildman–Crippen MR) is 208 cm³/mol.